The van der Waals surface area contributed by atoms with E-state index in [1.807, 2.05) is 48.7 Å². The van der Waals surface area contributed by atoms with Crippen LogP contribution in [0.15, 0.2) is 42.5 Å². The molecule has 2 aromatic carbocycles. The van der Waals surface area contributed by atoms with Gasteiger partial charge in [0.2, 0.25) is 0 Å². The van der Waals surface area contributed by atoms with Gasteiger partial charge >= 0.3 is 12.0 Å². The van der Waals surface area contributed by atoms with E-state index in [-0.39, 0.29) is 12.1 Å². The first-order chi connectivity index (χ1) is 15.5. The van der Waals surface area contributed by atoms with Gasteiger partial charge in [-0.1, -0.05) is 30.3 Å². The van der Waals surface area contributed by atoms with E-state index in [2.05, 4.69) is 5.32 Å². The second-order valence-corrected chi connectivity index (χ2v) is 8.45. The van der Waals surface area contributed by atoms with Gasteiger partial charge in [0.1, 0.15) is 6.04 Å². The summed E-state index contributed by atoms with van der Waals surface area (Å²) in [5, 5.41) is 2.90. The number of hydrogen-bond donors (Lipinski definition) is 1. The monoisotopic (exact) mass is 458 g/mol. The number of ether oxygens (including phenoxy) is 3. The Morgan fingerprint density at radius 2 is 1.81 bits per heavy atom. The molecule has 0 spiro atoms. The Hall–Kier alpha value is -2.87. The van der Waals surface area contributed by atoms with E-state index in [1.54, 1.807) is 30.9 Å². The highest BCUT2D eigenvalue weighted by atomic mass is 32.2. The van der Waals surface area contributed by atoms with Gasteiger partial charge in [0.25, 0.3) is 0 Å². The molecule has 1 aliphatic heterocycles. The number of fused-ring (bicyclic) bond motifs is 1. The summed E-state index contributed by atoms with van der Waals surface area (Å²) in [5.41, 5.74) is 3.07. The van der Waals surface area contributed by atoms with Gasteiger partial charge < -0.3 is 24.4 Å². The third-order valence-electron chi connectivity index (χ3n) is 5.64. The maximum atomic E-state index is 13.4. The minimum Gasteiger partial charge on any atom is -0.493 e. The lowest BCUT2D eigenvalue weighted by atomic mass is 9.88. The Bertz CT molecular complexity index is 937. The van der Waals surface area contributed by atoms with Crippen molar-refractivity contribution in [2.75, 3.05) is 39.9 Å². The minimum absolute atomic E-state index is 0.296. The Morgan fingerprint density at radius 1 is 1.12 bits per heavy atom. The van der Waals surface area contributed by atoms with Crippen molar-refractivity contribution in [1.29, 1.82) is 0 Å². The van der Waals surface area contributed by atoms with Crippen LogP contribution in [-0.2, 0) is 16.0 Å². The highest BCUT2D eigenvalue weighted by Gasteiger charge is 2.35. The van der Waals surface area contributed by atoms with Gasteiger partial charge in [-0.25, -0.2) is 9.59 Å². The maximum absolute atomic E-state index is 13.4. The van der Waals surface area contributed by atoms with Crippen molar-refractivity contribution < 1.29 is 23.8 Å². The molecule has 1 aliphatic rings. The highest BCUT2D eigenvalue weighted by molar-refractivity contribution is 7.98. The van der Waals surface area contributed by atoms with Crippen LogP contribution in [0.25, 0.3) is 0 Å². The van der Waals surface area contributed by atoms with Crippen LogP contribution in [0.5, 0.6) is 11.5 Å². The van der Waals surface area contributed by atoms with Gasteiger partial charge in [-0.05, 0) is 53.7 Å². The number of esters is 1. The molecule has 0 radical (unpaired) electrons. The Balaban J connectivity index is 1.98. The molecule has 0 aliphatic carbocycles. The number of rotatable bonds is 8. The standard InChI is InChI=1S/C24H30N2O5S/c1-29-20-14-17-10-12-26(24(28)25-19(11-13-32-4)23(27)31-3)22(16-8-6-5-7-9-16)18(17)15-21(20)30-2/h5-9,14-15,19,22H,10-13H2,1-4H3,(H,25,28)/t19-,22?/m0/s1. The van der Waals surface area contributed by atoms with Gasteiger partial charge in [0, 0.05) is 6.54 Å². The van der Waals surface area contributed by atoms with Gasteiger partial charge in [0.05, 0.1) is 27.4 Å². The normalized spacial score (nSPS) is 16.0. The zero-order valence-electron chi connectivity index (χ0n) is 18.9. The van der Waals surface area contributed by atoms with E-state index in [4.69, 9.17) is 14.2 Å². The van der Waals surface area contributed by atoms with Crippen molar-refractivity contribution in [3.8, 4) is 11.5 Å². The summed E-state index contributed by atoms with van der Waals surface area (Å²) < 4.78 is 15.9. The number of amides is 2. The molecular weight excluding hydrogens is 428 g/mol. The first-order valence-electron chi connectivity index (χ1n) is 10.5. The molecular formula is C24H30N2O5S. The lowest BCUT2D eigenvalue weighted by Crippen LogP contribution is -2.51. The van der Waals surface area contributed by atoms with Gasteiger partial charge in [-0.2, -0.15) is 11.8 Å². The molecule has 1 heterocycles. The summed E-state index contributed by atoms with van der Waals surface area (Å²) in [6.45, 7) is 0.504. The zero-order valence-corrected chi connectivity index (χ0v) is 19.7. The fraction of sp³-hybridized carbons (Fsp3) is 0.417. The third-order valence-corrected chi connectivity index (χ3v) is 6.29. The molecule has 172 valence electrons. The summed E-state index contributed by atoms with van der Waals surface area (Å²) in [6, 6.07) is 12.5. The summed E-state index contributed by atoms with van der Waals surface area (Å²) in [7, 11) is 4.55. The molecule has 0 saturated heterocycles. The average molecular weight is 459 g/mol. The number of nitrogens with zero attached hydrogens (tertiary/aromatic N) is 1. The van der Waals surface area contributed by atoms with Crippen molar-refractivity contribution in [1.82, 2.24) is 10.2 Å². The first kappa shape index (κ1) is 23.8. The third kappa shape index (κ3) is 5.12. The van der Waals surface area contributed by atoms with Crippen LogP contribution in [0.3, 0.4) is 0 Å². The number of carbonyl (C=O) groups excluding carboxylic acids is 2. The molecule has 0 saturated carbocycles. The number of hydrogen-bond acceptors (Lipinski definition) is 6. The van der Waals surface area contributed by atoms with Gasteiger partial charge in [-0.3, -0.25) is 0 Å². The maximum Gasteiger partial charge on any atom is 0.328 e. The zero-order chi connectivity index (χ0) is 23.1. The van der Waals surface area contributed by atoms with Crippen LogP contribution in [-0.4, -0.2) is 62.8 Å². The van der Waals surface area contributed by atoms with Gasteiger partial charge in [0.15, 0.2) is 11.5 Å². The number of urea groups is 1. The fourth-order valence-electron chi connectivity index (χ4n) is 4.02. The number of nitrogens with one attached hydrogen (secondary N) is 1. The number of carbonyl (C=O) groups is 2. The Kier molecular flexibility index (Phi) is 8.27. The smallest absolute Gasteiger partial charge is 0.328 e. The van der Waals surface area contributed by atoms with E-state index in [0.717, 1.165) is 22.4 Å². The van der Waals surface area contributed by atoms with Crippen LogP contribution in [0.2, 0.25) is 0 Å². The predicted octanol–water partition coefficient (Wildman–Crippen LogP) is 3.66. The summed E-state index contributed by atoms with van der Waals surface area (Å²) >= 11 is 1.62. The summed E-state index contributed by atoms with van der Waals surface area (Å²) in [5.74, 6) is 1.58. The van der Waals surface area contributed by atoms with Crippen LogP contribution < -0.4 is 14.8 Å². The molecule has 0 aromatic heterocycles. The largest absolute Gasteiger partial charge is 0.493 e. The average Bonchev–Trinajstić information content (AvgIpc) is 2.84. The highest BCUT2D eigenvalue weighted by Crippen LogP contribution is 2.41. The SMILES string of the molecule is COC(=O)[C@H](CCSC)NC(=O)N1CCc2cc(OC)c(OC)cc2C1c1ccccc1. The lowest BCUT2D eigenvalue weighted by Gasteiger charge is -2.38. The molecule has 2 amide bonds. The summed E-state index contributed by atoms with van der Waals surface area (Å²) in [4.78, 5) is 27.4. The topological polar surface area (TPSA) is 77.1 Å². The molecule has 1 N–H and O–H groups in total. The minimum atomic E-state index is -0.692. The molecule has 1 unspecified atom stereocenters. The summed E-state index contributed by atoms with van der Waals surface area (Å²) in [6.07, 6.45) is 3.13. The van der Waals surface area contributed by atoms with Crippen LogP contribution >= 0.6 is 11.8 Å². The van der Waals surface area contributed by atoms with Crippen molar-refractivity contribution in [2.45, 2.75) is 24.9 Å². The molecule has 32 heavy (non-hydrogen) atoms. The van der Waals surface area contributed by atoms with E-state index < -0.39 is 12.0 Å². The molecule has 7 nitrogen and oxygen atoms in total. The lowest BCUT2D eigenvalue weighted by molar-refractivity contribution is -0.142. The van der Waals surface area contributed by atoms with Crippen molar-refractivity contribution in [3.63, 3.8) is 0 Å². The Morgan fingerprint density at radius 3 is 2.44 bits per heavy atom. The van der Waals surface area contributed by atoms with Crippen molar-refractivity contribution in [2.24, 2.45) is 0 Å². The predicted molar refractivity (Wildman–Crippen MR) is 126 cm³/mol. The molecule has 0 fully saturated rings. The first-order valence-corrected chi connectivity index (χ1v) is 11.9. The second kappa shape index (κ2) is 11.1. The molecule has 2 aromatic rings. The number of benzene rings is 2. The second-order valence-electron chi connectivity index (χ2n) is 7.47. The van der Waals surface area contributed by atoms with Crippen LogP contribution in [0.1, 0.15) is 29.2 Å². The fourth-order valence-corrected chi connectivity index (χ4v) is 4.49. The van der Waals surface area contributed by atoms with E-state index in [0.29, 0.717) is 30.9 Å². The van der Waals surface area contributed by atoms with Crippen molar-refractivity contribution >= 4 is 23.8 Å². The quantitative estimate of drug-likeness (QED) is 0.609. The number of methoxy groups -OCH3 is 3. The van der Waals surface area contributed by atoms with E-state index in [1.165, 1.54) is 7.11 Å². The van der Waals surface area contributed by atoms with Crippen molar-refractivity contribution in [3.05, 3.63) is 59.2 Å². The van der Waals surface area contributed by atoms with Crippen LogP contribution in [0, 0.1) is 0 Å². The van der Waals surface area contributed by atoms with E-state index >= 15 is 0 Å². The van der Waals surface area contributed by atoms with Gasteiger partial charge in [-0.15, -0.1) is 0 Å². The van der Waals surface area contributed by atoms with Crippen LogP contribution in [0.4, 0.5) is 4.79 Å². The Labute approximate surface area is 193 Å². The molecule has 3 rings (SSSR count). The van der Waals surface area contributed by atoms with E-state index in [9.17, 15) is 9.59 Å². The number of thioether (sulfide) groups is 1. The molecule has 0 bridgehead atoms. The molecule has 2 atom stereocenters. The molecule has 8 heteroatoms.